The number of aromatic nitrogens is 1. The molecule has 0 unspecified atom stereocenters. The van der Waals surface area contributed by atoms with Gasteiger partial charge in [-0.25, -0.2) is 4.39 Å². The molecule has 2 heterocycles. The Bertz CT molecular complexity index is 402. The monoisotopic (exact) mass is 253 g/mol. The fourth-order valence-corrected chi connectivity index (χ4v) is 2.41. The molecule has 17 heavy (non-hydrogen) atoms. The number of piperidine rings is 1. The van der Waals surface area contributed by atoms with Crippen molar-refractivity contribution < 1.29 is 4.39 Å². The van der Waals surface area contributed by atoms with Crippen molar-refractivity contribution in [3.63, 3.8) is 0 Å². The maximum atomic E-state index is 13.0. The van der Waals surface area contributed by atoms with E-state index in [1.165, 1.54) is 12.3 Å². The lowest BCUT2D eigenvalue weighted by Crippen LogP contribution is -2.37. The zero-order valence-corrected chi connectivity index (χ0v) is 10.4. The minimum Gasteiger partial charge on any atom is -0.393 e. The van der Waals surface area contributed by atoms with Crippen molar-refractivity contribution in [1.82, 2.24) is 9.88 Å². The molecule has 2 rings (SSSR count). The molecule has 0 bridgehead atoms. The van der Waals surface area contributed by atoms with Gasteiger partial charge in [0, 0.05) is 18.7 Å². The fourth-order valence-electron chi connectivity index (χ4n) is 2.18. The summed E-state index contributed by atoms with van der Waals surface area (Å²) in [5.74, 6) is 0.0902. The molecule has 5 heteroatoms. The summed E-state index contributed by atoms with van der Waals surface area (Å²) < 4.78 is 13.0. The lowest BCUT2D eigenvalue weighted by Gasteiger charge is -2.31. The average molecular weight is 253 g/mol. The number of nitrogens with two attached hydrogens (primary N) is 1. The smallest absolute Gasteiger partial charge is 0.141 e. The van der Waals surface area contributed by atoms with Crippen molar-refractivity contribution in [3.8, 4) is 0 Å². The van der Waals surface area contributed by atoms with E-state index in [9.17, 15) is 4.39 Å². The van der Waals surface area contributed by atoms with Gasteiger partial charge in [-0.2, -0.15) is 0 Å². The number of hydrogen-bond acceptors (Lipinski definition) is 3. The van der Waals surface area contributed by atoms with Crippen LogP contribution in [0.25, 0.3) is 0 Å². The molecule has 0 aliphatic carbocycles. The molecule has 0 amide bonds. The lowest BCUT2D eigenvalue weighted by molar-refractivity contribution is 0.202. The third kappa shape index (κ3) is 3.44. The first-order chi connectivity index (χ1) is 8.15. The van der Waals surface area contributed by atoms with E-state index in [-0.39, 0.29) is 5.82 Å². The lowest BCUT2D eigenvalue weighted by atomic mass is 9.97. The molecule has 1 aromatic heterocycles. The number of pyridine rings is 1. The molecule has 1 aliphatic rings. The van der Waals surface area contributed by atoms with Crippen molar-refractivity contribution in [2.75, 3.05) is 13.1 Å². The van der Waals surface area contributed by atoms with Crippen LogP contribution in [0.2, 0.25) is 0 Å². The number of likely N-dealkylation sites (tertiary alicyclic amines) is 1. The van der Waals surface area contributed by atoms with Crippen molar-refractivity contribution in [2.45, 2.75) is 19.4 Å². The van der Waals surface area contributed by atoms with Crippen molar-refractivity contribution in [2.24, 2.45) is 11.7 Å². The fraction of sp³-hybridized carbons (Fsp3) is 0.500. The van der Waals surface area contributed by atoms with Gasteiger partial charge in [0.1, 0.15) is 5.82 Å². The zero-order valence-electron chi connectivity index (χ0n) is 9.60. The van der Waals surface area contributed by atoms with E-state index in [0.29, 0.717) is 10.9 Å². The summed E-state index contributed by atoms with van der Waals surface area (Å²) in [6, 6.07) is 1.53. The Hall–Kier alpha value is -1.07. The van der Waals surface area contributed by atoms with Crippen molar-refractivity contribution in [3.05, 3.63) is 29.8 Å². The second kappa shape index (κ2) is 5.51. The van der Waals surface area contributed by atoms with E-state index in [4.69, 9.17) is 18.0 Å². The molecule has 0 atom stereocenters. The quantitative estimate of drug-likeness (QED) is 0.833. The Morgan fingerprint density at radius 1 is 1.47 bits per heavy atom. The van der Waals surface area contributed by atoms with Gasteiger partial charge in [-0.3, -0.25) is 9.88 Å². The maximum absolute atomic E-state index is 13.0. The van der Waals surface area contributed by atoms with Crippen LogP contribution in [0, 0.1) is 11.7 Å². The molecule has 0 radical (unpaired) electrons. The van der Waals surface area contributed by atoms with Gasteiger partial charge in [0.2, 0.25) is 0 Å². The molecule has 0 spiro atoms. The van der Waals surface area contributed by atoms with Crippen molar-refractivity contribution >= 4 is 17.2 Å². The molecule has 92 valence electrons. The van der Waals surface area contributed by atoms with Crippen LogP contribution in [-0.2, 0) is 6.54 Å². The first kappa shape index (κ1) is 12.4. The summed E-state index contributed by atoms with van der Waals surface area (Å²) in [7, 11) is 0. The van der Waals surface area contributed by atoms with Crippen molar-refractivity contribution in [1.29, 1.82) is 0 Å². The van der Waals surface area contributed by atoms with Crippen LogP contribution in [0.5, 0.6) is 0 Å². The van der Waals surface area contributed by atoms with E-state index >= 15 is 0 Å². The predicted molar refractivity (Wildman–Crippen MR) is 69.0 cm³/mol. The van der Waals surface area contributed by atoms with Crippen LogP contribution in [0.15, 0.2) is 18.5 Å². The third-order valence-corrected chi connectivity index (χ3v) is 3.49. The van der Waals surface area contributed by atoms with Gasteiger partial charge in [0.05, 0.1) is 11.2 Å². The number of halogens is 1. The van der Waals surface area contributed by atoms with E-state index in [0.717, 1.165) is 38.0 Å². The van der Waals surface area contributed by atoms with Crippen LogP contribution >= 0.6 is 12.2 Å². The Labute approximate surface area is 106 Å². The Morgan fingerprint density at radius 3 is 2.76 bits per heavy atom. The van der Waals surface area contributed by atoms with Gasteiger partial charge < -0.3 is 5.73 Å². The van der Waals surface area contributed by atoms with Gasteiger partial charge in [-0.15, -0.1) is 0 Å². The van der Waals surface area contributed by atoms with Crippen LogP contribution in [-0.4, -0.2) is 28.0 Å². The first-order valence-electron chi connectivity index (χ1n) is 5.76. The molecule has 3 nitrogen and oxygen atoms in total. The van der Waals surface area contributed by atoms with Gasteiger partial charge in [-0.1, -0.05) is 12.2 Å². The summed E-state index contributed by atoms with van der Waals surface area (Å²) in [6.07, 6.45) is 4.93. The van der Waals surface area contributed by atoms with Crippen LogP contribution in [0.4, 0.5) is 4.39 Å². The number of hydrogen-bond donors (Lipinski definition) is 1. The highest BCUT2D eigenvalue weighted by Gasteiger charge is 2.20. The predicted octanol–water partition coefficient (Wildman–Crippen LogP) is 1.72. The summed E-state index contributed by atoms with van der Waals surface area (Å²) in [5.41, 5.74) is 6.55. The molecular formula is C12H16FN3S. The normalized spacial score (nSPS) is 18.2. The van der Waals surface area contributed by atoms with Gasteiger partial charge in [0.15, 0.2) is 0 Å². The third-order valence-electron chi connectivity index (χ3n) is 3.16. The Balaban J connectivity index is 1.88. The van der Waals surface area contributed by atoms with Crippen LogP contribution in [0.1, 0.15) is 18.4 Å². The topological polar surface area (TPSA) is 42.1 Å². The highest BCUT2D eigenvalue weighted by Crippen LogP contribution is 2.19. The van der Waals surface area contributed by atoms with Gasteiger partial charge >= 0.3 is 0 Å². The SMILES string of the molecule is NC(=S)C1CCN(Cc2cncc(F)c2)CC1. The number of thiocarbonyl (C=S) groups is 1. The van der Waals surface area contributed by atoms with E-state index < -0.39 is 0 Å². The highest BCUT2D eigenvalue weighted by atomic mass is 32.1. The van der Waals surface area contributed by atoms with Crippen LogP contribution in [0.3, 0.4) is 0 Å². The van der Waals surface area contributed by atoms with E-state index in [1.54, 1.807) is 6.20 Å². The average Bonchev–Trinajstić information content (AvgIpc) is 2.29. The molecule has 1 fully saturated rings. The second-order valence-corrected chi connectivity index (χ2v) is 4.94. The minimum absolute atomic E-state index is 0.277. The standard InChI is InChI=1S/C12H16FN3S/c13-11-5-9(6-15-7-11)8-16-3-1-10(2-4-16)12(14)17/h5-7,10H,1-4,8H2,(H2,14,17). The van der Waals surface area contributed by atoms with E-state index in [2.05, 4.69) is 9.88 Å². The number of nitrogens with zero attached hydrogens (tertiary/aromatic N) is 2. The summed E-state index contributed by atoms with van der Waals surface area (Å²) in [4.78, 5) is 6.76. The van der Waals surface area contributed by atoms with E-state index in [1.807, 2.05) is 0 Å². The molecule has 1 saturated heterocycles. The molecule has 2 N–H and O–H groups in total. The molecule has 1 aliphatic heterocycles. The zero-order chi connectivity index (χ0) is 12.3. The van der Waals surface area contributed by atoms with Crippen LogP contribution < -0.4 is 5.73 Å². The summed E-state index contributed by atoms with van der Waals surface area (Å²) >= 11 is 5.00. The summed E-state index contributed by atoms with van der Waals surface area (Å²) in [6.45, 7) is 2.66. The molecule has 1 aromatic rings. The molecule has 0 saturated carbocycles. The first-order valence-corrected chi connectivity index (χ1v) is 6.17. The minimum atomic E-state index is -0.277. The van der Waals surface area contributed by atoms with Gasteiger partial charge in [0.25, 0.3) is 0 Å². The molecule has 0 aromatic carbocycles. The highest BCUT2D eigenvalue weighted by molar-refractivity contribution is 7.80. The maximum Gasteiger partial charge on any atom is 0.141 e. The van der Waals surface area contributed by atoms with Gasteiger partial charge in [-0.05, 0) is 37.6 Å². The Morgan fingerprint density at radius 2 is 2.18 bits per heavy atom. The largest absolute Gasteiger partial charge is 0.393 e. The summed E-state index contributed by atoms with van der Waals surface area (Å²) in [5, 5.41) is 0. The Kier molecular flexibility index (Phi) is 4.02. The second-order valence-electron chi connectivity index (χ2n) is 4.46. The molecular weight excluding hydrogens is 237 g/mol. The number of rotatable bonds is 3.